The van der Waals surface area contributed by atoms with Crippen molar-refractivity contribution in [3.8, 4) is 0 Å². The number of nitrogens with one attached hydrogen (secondary N) is 1. The van der Waals surface area contributed by atoms with Crippen LogP contribution in [0.15, 0.2) is 36.9 Å². The van der Waals surface area contributed by atoms with Crippen molar-refractivity contribution in [2.24, 2.45) is 5.41 Å². The first-order chi connectivity index (χ1) is 9.84. The fourth-order valence-electron chi connectivity index (χ4n) is 2.20. The van der Waals surface area contributed by atoms with Gasteiger partial charge in [-0.3, -0.25) is 0 Å². The maximum Gasteiger partial charge on any atom is 0.125 e. The average Bonchev–Trinajstić information content (AvgIpc) is 2.84. The lowest BCUT2D eigenvalue weighted by Gasteiger charge is -2.32. The van der Waals surface area contributed by atoms with Gasteiger partial charge in [0.05, 0.1) is 6.33 Å². The van der Waals surface area contributed by atoms with E-state index in [0.29, 0.717) is 11.6 Å². The third kappa shape index (κ3) is 4.83. The molecule has 0 bridgehead atoms. The number of hydrogen-bond donors (Lipinski definition) is 1. The summed E-state index contributed by atoms with van der Waals surface area (Å²) in [4.78, 5) is 4.07. The Bertz CT molecular complexity index is 555. The van der Waals surface area contributed by atoms with E-state index >= 15 is 0 Å². The van der Waals surface area contributed by atoms with Crippen LogP contribution in [0.4, 0.5) is 4.39 Å². The Hall–Kier alpha value is -1.39. The Morgan fingerprint density at radius 2 is 2.10 bits per heavy atom. The molecule has 0 saturated carbocycles. The molecule has 3 nitrogen and oxygen atoms in total. The van der Waals surface area contributed by atoms with E-state index in [1.807, 2.05) is 10.8 Å². The van der Waals surface area contributed by atoms with Gasteiger partial charge in [0.2, 0.25) is 0 Å². The quantitative estimate of drug-likeness (QED) is 0.908. The summed E-state index contributed by atoms with van der Waals surface area (Å²) in [5, 5.41) is 3.92. The molecule has 0 amide bonds. The van der Waals surface area contributed by atoms with E-state index in [1.165, 1.54) is 12.1 Å². The summed E-state index contributed by atoms with van der Waals surface area (Å²) in [5.41, 5.74) is 0.918. The number of benzene rings is 1. The van der Waals surface area contributed by atoms with Crippen molar-refractivity contribution in [2.75, 3.05) is 0 Å². The second-order valence-corrected chi connectivity index (χ2v) is 6.77. The van der Waals surface area contributed by atoms with Gasteiger partial charge in [-0.15, -0.1) is 0 Å². The number of rotatable bonds is 5. The van der Waals surface area contributed by atoms with Crippen LogP contribution < -0.4 is 5.32 Å². The van der Waals surface area contributed by atoms with E-state index in [1.54, 1.807) is 18.6 Å². The molecule has 0 aliphatic rings. The molecule has 2 aromatic rings. The summed E-state index contributed by atoms with van der Waals surface area (Å²) in [7, 11) is 0. The minimum Gasteiger partial charge on any atom is -0.336 e. The Kier molecular flexibility index (Phi) is 5.01. The van der Waals surface area contributed by atoms with Gasteiger partial charge in [-0.2, -0.15) is 0 Å². The molecule has 0 aliphatic heterocycles. The molecular weight excluding hydrogens is 289 g/mol. The zero-order chi connectivity index (χ0) is 15.5. The molecule has 21 heavy (non-hydrogen) atoms. The molecule has 1 unspecified atom stereocenters. The van der Waals surface area contributed by atoms with Gasteiger partial charge in [0.25, 0.3) is 0 Å². The molecule has 0 fully saturated rings. The monoisotopic (exact) mass is 309 g/mol. The molecule has 0 saturated heterocycles. The lowest BCUT2D eigenvalue weighted by atomic mass is 9.86. The van der Waals surface area contributed by atoms with Gasteiger partial charge in [0.15, 0.2) is 0 Å². The summed E-state index contributed by atoms with van der Waals surface area (Å²) in [6, 6.07) is 4.84. The Morgan fingerprint density at radius 3 is 2.67 bits per heavy atom. The minimum absolute atomic E-state index is 0.0708. The van der Waals surface area contributed by atoms with Crippen molar-refractivity contribution in [1.29, 1.82) is 0 Å². The fraction of sp³-hybridized carbons (Fsp3) is 0.438. The van der Waals surface area contributed by atoms with Crippen LogP contribution in [-0.4, -0.2) is 15.6 Å². The Morgan fingerprint density at radius 1 is 1.33 bits per heavy atom. The van der Waals surface area contributed by atoms with Crippen LogP contribution in [0.25, 0.3) is 0 Å². The largest absolute Gasteiger partial charge is 0.336 e. The highest BCUT2D eigenvalue weighted by Gasteiger charge is 2.24. The molecule has 1 aromatic heterocycles. The van der Waals surface area contributed by atoms with Crippen LogP contribution in [0.1, 0.15) is 26.3 Å². The molecule has 5 heteroatoms. The molecular formula is C16H21ClFN3. The number of nitrogens with zero attached hydrogens (tertiary/aromatic N) is 2. The lowest BCUT2D eigenvalue weighted by Crippen LogP contribution is -2.43. The zero-order valence-electron chi connectivity index (χ0n) is 12.6. The van der Waals surface area contributed by atoms with Crippen LogP contribution in [0, 0.1) is 11.2 Å². The Balaban J connectivity index is 2.05. The minimum atomic E-state index is -0.304. The van der Waals surface area contributed by atoms with Gasteiger partial charge in [0, 0.05) is 36.5 Å². The van der Waals surface area contributed by atoms with Crippen molar-refractivity contribution in [3.63, 3.8) is 0 Å². The maximum absolute atomic E-state index is 13.4. The predicted octanol–water partition coefficient (Wildman–Crippen LogP) is 3.88. The van der Waals surface area contributed by atoms with Gasteiger partial charge in [-0.1, -0.05) is 32.4 Å². The number of imidazole rings is 1. The normalized spacial score (nSPS) is 13.4. The first kappa shape index (κ1) is 16.0. The molecule has 0 radical (unpaired) electrons. The summed E-state index contributed by atoms with van der Waals surface area (Å²) in [6.45, 7) is 7.93. The van der Waals surface area contributed by atoms with Gasteiger partial charge < -0.3 is 9.88 Å². The SMILES string of the molecule is CC(C)(C)C(Cn1ccnc1)NCc1cc(F)cc(Cl)c1. The highest BCUT2D eigenvalue weighted by Crippen LogP contribution is 2.22. The summed E-state index contributed by atoms with van der Waals surface area (Å²) in [6.07, 6.45) is 5.52. The van der Waals surface area contributed by atoms with Crippen LogP contribution in [-0.2, 0) is 13.1 Å². The number of aromatic nitrogens is 2. The second kappa shape index (κ2) is 6.58. The van der Waals surface area contributed by atoms with Crippen molar-refractivity contribution >= 4 is 11.6 Å². The summed E-state index contributed by atoms with van der Waals surface area (Å²) >= 11 is 5.89. The highest BCUT2D eigenvalue weighted by molar-refractivity contribution is 6.30. The standard InChI is InChI=1S/C16H21ClFN3/c1-16(2,3)15(10-21-5-4-19-11-21)20-9-12-6-13(17)8-14(18)7-12/h4-8,11,15,20H,9-10H2,1-3H3. The van der Waals surface area contributed by atoms with E-state index in [0.717, 1.165) is 12.1 Å². The molecule has 1 aromatic carbocycles. The van der Waals surface area contributed by atoms with E-state index in [9.17, 15) is 4.39 Å². The predicted molar refractivity (Wildman–Crippen MR) is 83.7 cm³/mol. The molecule has 114 valence electrons. The van der Waals surface area contributed by atoms with E-state index < -0.39 is 0 Å². The molecule has 0 aliphatic carbocycles. The summed E-state index contributed by atoms with van der Waals surface area (Å²) < 4.78 is 15.4. The smallest absolute Gasteiger partial charge is 0.125 e. The number of halogens is 2. The second-order valence-electron chi connectivity index (χ2n) is 6.34. The van der Waals surface area contributed by atoms with Crippen LogP contribution in [0.2, 0.25) is 5.02 Å². The molecule has 1 heterocycles. The van der Waals surface area contributed by atoms with Crippen LogP contribution in [0.5, 0.6) is 0 Å². The van der Waals surface area contributed by atoms with E-state index in [4.69, 9.17) is 11.6 Å². The molecule has 1 N–H and O–H groups in total. The summed E-state index contributed by atoms with van der Waals surface area (Å²) in [5.74, 6) is -0.304. The van der Waals surface area contributed by atoms with Gasteiger partial charge in [-0.25, -0.2) is 9.37 Å². The topological polar surface area (TPSA) is 29.9 Å². The zero-order valence-corrected chi connectivity index (χ0v) is 13.4. The Labute approximate surface area is 130 Å². The lowest BCUT2D eigenvalue weighted by molar-refractivity contribution is 0.240. The van der Waals surface area contributed by atoms with Crippen molar-refractivity contribution in [2.45, 2.75) is 39.9 Å². The molecule has 1 atom stereocenters. The van der Waals surface area contributed by atoms with Gasteiger partial charge >= 0.3 is 0 Å². The average molecular weight is 310 g/mol. The number of hydrogen-bond acceptors (Lipinski definition) is 2. The van der Waals surface area contributed by atoms with Gasteiger partial charge in [-0.05, 0) is 29.2 Å². The van der Waals surface area contributed by atoms with E-state index in [-0.39, 0.29) is 17.3 Å². The van der Waals surface area contributed by atoms with Crippen molar-refractivity contribution in [3.05, 3.63) is 53.3 Å². The van der Waals surface area contributed by atoms with E-state index in [2.05, 4.69) is 31.1 Å². The molecule has 0 spiro atoms. The maximum atomic E-state index is 13.4. The fourth-order valence-corrected chi connectivity index (χ4v) is 2.45. The highest BCUT2D eigenvalue weighted by atomic mass is 35.5. The first-order valence-corrected chi connectivity index (χ1v) is 7.36. The van der Waals surface area contributed by atoms with Crippen LogP contribution >= 0.6 is 11.6 Å². The molecule has 2 rings (SSSR count). The third-order valence-electron chi connectivity index (χ3n) is 3.47. The van der Waals surface area contributed by atoms with Crippen molar-refractivity contribution in [1.82, 2.24) is 14.9 Å². The third-order valence-corrected chi connectivity index (χ3v) is 3.69. The van der Waals surface area contributed by atoms with Gasteiger partial charge in [0.1, 0.15) is 5.82 Å². The van der Waals surface area contributed by atoms with Crippen molar-refractivity contribution < 1.29 is 4.39 Å². The van der Waals surface area contributed by atoms with Crippen LogP contribution in [0.3, 0.4) is 0 Å². The first-order valence-electron chi connectivity index (χ1n) is 6.99.